The summed E-state index contributed by atoms with van der Waals surface area (Å²) >= 11 is 0. The van der Waals surface area contributed by atoms with Crippen LogP contribution in [0.15, 0.2) is 30.5 Å². The Morgan fingerprint density at radius 1 is 1.30 bits per heavy atom. The van der Waals surface area contributed by atoms with Crippen molar-refractivity contribution in [1.82, 2.24) is 0 Å². The van der Waals surface area contributed by atoms with E-state index in [0.29, 0.717) is 11.8 Å². The second-order valence-corrected chi connectivity index (χ2v) is 2.58. The second-order valence-electron chi connectivity index (χ2n) is 2.58. The molecule has 0 spiro atoms. The molecule has 0 nitrogen and oxygen atoms in total. The van der Waals surface area contributed by atoms with Crippen molar-refractivity contribution in [3.63, 3.8) is 0 Å². The Hall–Kier alpha value is -0.740. The Morgan fingerprint density at radius 3 is 2.30 bits per heavy atom. The van der Waals surface area contributed by atoms with Crippen LogP contribution in [-0.4, -0.2) is 0 Å². The summed E-state index contributed by atoms with van der Waals surface area (Å²) in [5.74, 6) is 1.10. The first-order valence-corrected chi connectivity index (χ1v) is 3.72. The summed E-state index contributed by atoms with van der Waals surface area (Å²) in [6.07, 6.45) is 5.97. The molecule has 2 atom stereocenters. The molecular weight excluding hydrogens is 120 g/mol. The van der Waals surface area contributed by atoms with Crippen LogP contribution in [0.2, 0.25) is 0 Å². The molecule has 0 saturated heterocycles. The zero-order valence-corrected chi connectivity index (χ0v) is 7.09. The Labute approximate surface area is 64.0 Å². The zero-order chi connectivity index (χ0) is 7.98. The van der Waals surface area contributed by atoms with Crippen molar-refractivity contribution < 1.29 is 0 Å². The van der Waals surface area contributed by atoms with Gasteiger partial charge < -0.3 is 0 Å². The van der Waals surface area contributed by atoms with Gasteiger partial charge in [0.2, 0.25) is 0 Å². The van der Waals surface area contributed by atoms with Crippen LogP contribution < -0.4 is 0 Å². The lowest BCUT2D eigenvalue weighted by atomic mass is 9.96. The molecule has 0 aromatic heterocycles. The Balaban J connectivity index is 3.95. The molecule has 2 unspecified atom stereocenters. The van der Waals surface area contributed by atoms with Crippen LogP contribution in [0, 0.1) is 11.8 Å². The number of rotatable bonds is 3. The molecule has 0 aliphatic carbocycles. The largest absolute Gasteiger partial charge is 0.130 e. The van der Waals surface area contributed by atoms with Crippen molar-refractivity contribution in [2.45, 2.75) is 20.8 Å². The fourth-order valence-electron chi connectivity index (χ4n) is 0.614. The van der Waals surface area contributed by atoms with Gasteiger partial charge in [-0.05, 0) is 30.9 Å². The molecule has 0 N–H and O–H groups in total. The Bertz CT molecular complexity index is 147. The smallest absolute Gasteiger partial charge is 0.0126 e. The topological polar surface area (TPSA) is 0 Å². The summed E-state index contributed by atoms with van der Waals surface area (Å²) in [5, 5.41) is 0. The van der Waals surface area contributed by atoms with E-state index in [2.05, 4.69) is 32.2 Å². The molecule has 0 bridgehead atoms. The van der Waals surface area contributed by atoms with Crippen molar-refractivity contribution in [2.24, 2.45) is 11.8 Å². The minimum Gasteiger partial charge on any atom is -0.130 e. The van der Waals surface area contributed by atoms with Crippen LogP contribution in [0.3, 0.4) is 0 Å². The van der Waals surface area contributed by atoms with Crippen molar-refractivity contribution in [1.29, 1.82) is 0 Å². The SMILES string of the molecule is C=CC(C)C(C)C=C=CC. The molecule has 0 saturated carbocycles. The van der Waals surface area contributed by atoms with Gasteiger partial charge in [-0.2, -0.15) is 0 Å². The number of allylic oxidation sites excluding steroid dienone is 2. The lowest BCUT2D eigenvalue weighted by Crippen LogP contribution is -1.99. The maximum absolute atomic E-state index is 3.73. The number of hydrogen-bond donors (Lipinski definition) is 0. The maximum atomic E-state index is 3.73. The first-order chi connectivity index (χ1) is 4.72. The second kappa shape index (κ2) is 5.08. The van der Waals surface area contributed by atoms with E-state index in [0.717, 1.165) is 0 Å². The van der Waals surface area contributed by atoms with Crippen LogP contribution >= 0.6 is 0 Å². The first kappa shape index (κ1) is 9.26. The van der Waals surface area contributed by atoms with Gasteiger partial charge in [0.25, 0.3) is 0 Å². The highest BCUT2D eigenvalue weighted by molar-refractivity contribution is 4.92. The number of hydrogen-bond acceptors (Lipinski definition) is 0. The van der Waals surface area contributed by atoms with E-state index < -0.39 is 0 Å². The fraction of sp³-hybridized carbons (Fsp3) is 0.500. The maximum Gasteiger partial charge on any atom is -0.0126 e. The highest BCUT2D eigenvalue weighted by Gasteiger charge is 2.02. The fourth-order valence-corrected chi connectivity index (χ4v) is 0.614. The van der Waals surface area contributed by atoms with Gasteiger partial charge in [-0.1, -0.05) is 19.9 Å². The molecule has 0 aliphatic heterocycles. The Morgan fingerprint density at radius 2 is 1.90 bits per heavy atom. The molecular formula is C10H16. The third-order valence-corrected chi connectivity index (χ3v) is 1.73. The molecule has 0 fully saturated rings. The molecule has 0 aliphatic rings. The third-order valence-electron chi connectivity index (χ3n) is 1.73. The lowest BCUT2D eigenvalue weighted by Gasteiger charge is -2.08. The van der Waals surface area contributed by atoms with Crippen molar-refractivity contribution in [3.05, 3.63) is 30.5 Å². The van der Waals surface area contributed by atoms with Gasteiger partial charge in [-0.3, -0.25) is 0 Å². The van der Waals surface area contributed by atoms with E-state index in [1.165, 1.54) is 0 Å². The average molecular weight is 136 g/mol. The highest BCUT2D eigenvalue weighted by atomic mass is 14.1. The summed E-state index contributed by atoms with van der Waals surface area (Å²) in [7, 11) is 0. The molecule has 0 rings (SSSR count). The normalized spacial score (nSPS) is 14.7. The van der Waals surface area contributed by atoms with Crippen LogP contribution in [-0.2, 0) is 0 Å². The van der Waals surface area contributed by atoms with Gasteiger partial charge in [0.05, 0.1) is 0 Å². The predicted molar refractivity (Wildman–Crippen MR) is 46.9 cm³/mol. The van der Waals surface area contributed by atoms with Gasteiger partial charge >= 0.3 is 0 Å². The van der Waals surface area contributed by atoms with E-state index in [4.69, 9.17) is 0 Å². The van der Waals surface area contributed by atoms with Crippen molar-refractivity contribution in [3.8, 4) is 0 Å². The summed E-state index contributed by atoms with van der Waals surface area (Å²) in [6, 6.07) is 0. The summed E-state index contributed by atoms with van der Waals surface area (Å²) in [6.45, 7) is 10.0. The van der Waals surface area contributed by atoms with Gasteiger partial charge in [0.15, 0.2) is 0 Å². The van der Waals surface area contributed by atoms with Crippen LogP contribution in [0.25, 0.3) is 0 Å². The molecule has 0 heteroatoms. The zero-order valence-electron chi connectivity index (χ0n) is 7.09. The summed E-state index contributed by atoms with van der Waals surface area (Å²) in [4.78, 5) is 0. The van der Waals surface area contributed by atoms with E-state index >= 15 is 0 Å². The third kappa shape index (κ3) is 3.32. The van der Waals surface area contributed by atoms with Crippen LogP contribution in [0.5, 0.6) is 0 Å². The molecule has 0 heterocycles. The van der Waals surface area contributed by atoms with E-state index in [-0.39, 0.29) is 0 Å². The monoisotopic (exact) mass is 136 g/mol. The van der Waals surface area contributed by atoms with Crippen molar-refractivity contribution in [2.75, 3.05) is 0 Å². The van der Waals surface area contributed by atoms with E-state index in [1.54, 1.807) is 0 Å². The molecule has 0 aromatic rings. The lowest BCUT2D eigenvalue weighted by molar-refractivity contribution is 0.560. The van der Waals surface area contributed by atoms with E-state index in [1.807, 2.05) is 19.1 Å². The molecule has 0 amide bonds. The van der Waals surface area contributed by atoms with Crippen molar-refractivity contribution >= 4 is 0 Å². The van der Waals surface area contributed by atoms with Crippen LogP contribution in [0.4, 0.5) is 0 Å². The van der Waals surface area contributed by atoms with E-state index in [9.17, 15) is 0 Å². The molecule has 0 aromatic carbocycles. The predicted octanol–water partition coefficient (Wildman–Crippen LogP) is 3.18. The van der Waals surface area contributed by atoms with Gasteiger partial charge in [0.1, 0.15) is 0 Å². The Kier molecular flexibility index (Phi) is 4.70. The molecule has 56 valence electrons. The molecule has 10 heavy (non-hydrogen) atoms. The minimum absolute atomic E-state index is 0.549. The first-order valence-electron chi connectivity index (χ1n) is 3.72. The van der Waals surface area contributed by atoms with Gasteiger partial charge in [-0.25, -0.2) is 0 Å². The molecule has 0 radical (unpaired) electrons. The quantitative estimate of drug-likeness (QED) is 0.413. The average Bonchev–Trinajstić information content (AvgIpc) is 1.98. The summed E-state index contributed by atoms with van der Waals surface area (Å²) < 4.78 is 0. The van der Waals surface area contributed by atoms with Gasteiger partial charge in [-0.15, -0.1) is 12.3 Å². The summed E-state index contributed by atoms with van der Waals surface area (Å²) in [5.41, 5.74) is 3.07. The standard InChI is InChI=1S/C10H16/c1-5-7-8-10(4)9(3)6-2/h5-6,8-10H,2H2,1,3-4H3. The van der Waals surface area contributed by atoms with Crippen LogP contribution in [0.1, 0.15) is 20.8 Å². The minimum atomic E-state index is 0.549. The van der Waals surface area contributed by atoms with Gasteiger partial charge in [0, 0.05) is 0 Å². The highest BCUT2D eigenvalue weighted by Crippen LogP contribution is 2.11.